The Balaban J connectivity index is 2.22. The van der Waals surface area contributed by atoms with Gasteiger partial charge in [-0.05, 0) is 30.5 Å². The van der Waals surface area contributed by atoms with Crippen LogP contribution < -0.4 is 5.32 Å². The first-order valence-corrected chi connectivity index (χ1v) is 5.71. The van der Waals surface area contributed by atoms with E-state index < -0.39 is 0 Å². The number of aryl methyl sites for hydroxylation is 1. The number of halogens is 1. The highest BCUT2D eigenvalue weighted by atomic mass is 19.1. The standard InChI is InChI=1S/C13H15FN2/c1-16-8-11(9-5-6-15-7-9)10-3-2-4-12(14)13(10)16/h2-4,8-9,15H,5-7H2,1H3. The monoisotopic (exact) mass is 218 g/mol. The zero-order valence-corrected chi connectivity index (χ0v) is 9.33. The highest BCUT2D eigenvalue weighted by Crippen LogP contribution is 2.31. The first-order chi connectivity index (χ1) is 7.77. The minimum Gasteiger partial charge on any atom is -0.348 e. The molecule has 0 bridgehead atoms. The van der Waals surface area contributed by atoms with Crippen LogP contribution in [0.1, 0.15) is 17.9 Å². The fourth-order valence-corrected chi connectivity index (χ4v) is 2.69. The van der Waals surface area contributed by atoms with Crippen LogP contribution >= 0.6 is 0 Å². The molecule has 3 rings (SSSR count). The molecule has 1 aromatic heterocycles. The molecular weight excluding hydrogens is 203 g/mol. The van der Waals surface area contributed by atoms with Crippen LogP contribution in [0.4, 0.5) is 4.39 Å². The van der Waals surface area contributed by atoms with Gasteiger partial charge < -0.3 is 9.88 Å². The Morgan fingerprint density at radius 2 is 2.31 bits per heavy atom. The highest BCUT2D eigenvalue weighted by molar-refractivity contribution is 5.85. The van der Waals surface area contributed by atoms with Crippen LogP contribution in [-0.2, 0) is 7.05 Å². The number of rotatable bonds is 1. The molecule has 16 heavy (non-hydrogen) atoms. The van der Waals surface area contributed by atoms with Crippen LogP contribution in [-0.4, -0.2) is 17.7 Å². The molecule has 84 valence electrons. The summed E-state index contributed by atoms with van der Waals surface area (Å²) in [6.07, 6.45) is 3.22. The Bertz CT molecular complexity index is 524. The number of para-hydroxylation sites is 1. The van der Waals surface area contributed by atoms with Crippen molar-refractivity contribution in [3.05, 3.63) is 35.8 Å². The summed E-state index contributed by atoms with van der Waals surface area (Å²) in [6.45, 7) is 2.08. The predicted octanol–water partition coefficient (Wildman–Crippen LogP) is 2.39. The maximum atomic E-state index is 13.7. The third-order valence-corrected chi connectivity index (χ3v) is 3.48. The Morgan fingerprint density at radius 1 is 1.44 bits per heavy atom. The molecule has 0 radical (unpaired) electrons. The molecule has 0 spiro atoms. The summed E-state index contributed by atoms with van der Waals surface area (Å²) in [7, 11) is 1.91. The molecule has 1 aliphatic heterocycles. The molecule has 1 N–H and O–H groups in total. The van der Waals surface area contributed by atoms with Gasteiger partial charge in [-0.1, -0.05) is 12.1 Å². The normalized spacial score (nSPS) is 20.8. The lowest BCUT2D eigenvalue weighted by molar-refractivity contribution is 0.632. The van der Waals surface area contributed by atoms with Gasteiger partial charge in [-0.25, -0.2) is 4.39 Å². The fourth-order valence-electron chi connectivity index (χ4n) is 2.69. The van der Waals surface area contributed by atoms with Gasteiger partial charge in [0.1, 0.15) is 5.82 Å². The molecular formula is C13H15FN2. The molecule has 3 heteroatoms. The molecule has 0 amide bonds. The Morgan fingerprint density at radius 3 is 3.06 bits per heavy atom. The van der Waals surface area contributed by atoms with E-state index in [1.165, 1.54) is 11.6 Å². The van der Waals surface area contributed by atoms with E-state index in [1.54, 1.807) is 6.07 Å². The zero-order valence-electron chi connectivity index (χ0n) is 9.33. The van der Waals surface area contributed by atoms with E-state index in [0.29, 0.717) is 5.92 Å². The summed E-state index contributed by atoms with van der Waals surface area (Å²) >= 11 is 0. The average Bonchev–Trinajstić information content (AvgIpc) is 2.86. The minimum absolute atomic E-state index is 0.128. The molecule has 1 aromatic carbocycles. The van der Waals surface area contributed by atoms with Gasteiger partial charge in [0.25, 0.3) is 0 Å². The summed E-state index contributed by atoms with van der Waals surface area (Å²) in [5, 5.41) is 4.42. The second kappa shape index (κ2) is 3.59. The van der Waals surface area contributed by atoms with E-state index in [2.05, 4.69) is 11.5 Å². The van der Waals surface area contributed by atoms with Gasteiger partial charge >= 0.3 is 0 Å². The predicted molar refractivity (Wildman–Crippen MR) is 63.1 cm³/mol. The van der Waals surface area contributed by atoms with Crippen LogP contribution in [0.15, 0.2) is 24.4 Å². The van der Waals surface area contributed by atoms with E-state index >= 15 is 0 Å². The molecule has 1 saturated heterocycles. The number of fused-ring (bicyclic) bond motifs is 1. The summed E-state index contributed by atoms with van der Waals surface area (Å²) in [4.78, 5) is 0. The first-order valence-electron chi connectivity index (χ1n) is 5.71. The van der Waals surface area contributed by atoms with Gasteiger partial charge in [-0.3, -0.25) is 0 Å². The summed E-state index contributed by atoms with van der Waals surface area (Å²) in [5.74, 6) is 0.405. The van der Waals surface area contributed by atoms with Crippen LogP contribution in [0.5, 0.6) is 0 Å². The van der Waals surface area contributed by atoms with E-state index in [0.717, 1.165) is 30.4 Å². The molecule has 1 aliphatic rings. The van der Waals surface area contributed by atoms with Gasteiger partial charge in [0.05, 0.1) is 5.52 Å². The van der Waals surface area contributed by atoms with E-state index in [4.69, 9.17) is 0 Å². The van der Waals surface area contributed by atoms with Crippen LogP contribution in [0.2, 0.25) is 0 Å². The summed E-state index contributed by atoms with van der Waals surface area (Å²) in [6, 6.07) is 5.34. The maximum absolute atomic E-state index is 13.7. The lowest BCUT2D eigenvalue weighted by atomic mass is 9.98. The topological polar surface area (TPSA) is 17.0 Å². The van der Waals surface area contributed by atoms with Crippen molar-refractivity contribution < 1.29 is 4.39 Å². The van der Waals surface area contributed by atoms with Crippen molar-refractivity contribution in [2.24, 2.45) is 7.05 Å². The minimum atomic E-state index is -0.128. The Hall–Kier alpha value is -1.35. The number of benzene rings is 1. The van der Waals surface area contributed by atoms with Crippen molar-refractivity contribution in [3.63, 3.8) is 0 Å². The Kier molecular flexibility index (Phi) is 2.21. The zero-order chi connectivity index (χ0) is 11.1. The molecule has 1 fully saturated rings. The van der Waals surface area contributed by atoms with Gasteiger partial charge in [-0.15, -0.1) is 0 Å². The first kappa shape index (κ1) is 9.85. The number of aromatic nitrogens is 1. The SMILES string of the molecule is Cn1cc(C2CCNC2)c2cccc(F)c21. The molecule has 2 aromatic rings. The third-order valence-electron chi connectivity index (χ3n) is 3.48. The summed E-state index contributed by atoms with van der Waals surface area (Å²) in [5.41, 5.74) is 2.01. The van der Waals surface area contributed by atoms with Crippen molar-refractivity contribution in [3.8, 4) is 0 Å². The molecule has 2 nitrogen and oxygen atoms in total. The lowest BCUT2D eigenvalue weighted by Crippen LogP contribution is -2.07. The second-order valence-electron chi connectivity index (χ2n) is 4.52. The molecule has 0 saturated carbocycles. The van der Waals surface area contributed by atoms with Crippen molar-refractivity contribution in [1.82, 2.24) is 9.88 Å². The van der Waals surface area contributed by atoms with Crippen molar-refractivity contribution in [2.75, 3.05) is 13.1 Å². The summed E-state index contributed by atoms with van der Waals surface area (Å²) < 4.78 is 15.6. The number of hydrogen-bond donors (Lipinski definition) is 1. The van der Waals surface area contributed by atoms with Gasteiger partial charge in [0.15, 0.2) is 0 Å². The number of hydrogen-bond acceptors (Lipinski definition) is 1. The fraction of sp³-hybridized carbons (Fsp3) is 0.385. The van der Waals surface area contributed by atoms with Crippen molar-refractivity contribution in [2.45, 2.75) is 12.3 Å². The smallest absolute Gasteiger partial charge is 0.147 e. The van der Waals surface area contributed by atoms with Gasteiger partial charge in [-0.2, -0.15) is 0 Å². The average molecular weight is 218 g/mol. The van der Waals surface area contributed by atoms with Crippen LogP contribution in [0, 0.1) is 5.82 Å². The van der Waals surface area contributed by atoms with Crippen LogP contribution in [0.25, 0.3) is 10.9 Å². The maximum Gasteiger partial charge on any atom is 0.147 e. The molecule has 1 atom stereocenters. The van der Waals surface area contributed by atoms with E-state index in [9.17, 15) is 4.39 Å². The Labute approximate surface area is 94.1 Å². The quantitative estimate of drug-likeness (QED) is 0.777. The molecule has 1 unspecified atom stereocenters. The number of nitrogens with one attached hydrogen (secondary N) is 1. The van der Waals surface area contributed by atoms with Crippen molar-refractivity contribution >= 4 is 10.9 Å². The van der Waals surface area contributed by atoms with Gasteiger partial charge in [0.2, 0.25) is 0 Å². The highest BCUT2D eigenvalue weighted by Gasteiger charge is 2.21. The molecule has 0 aliphatic carbocycles. The second-order valence-corrected chi connectivity index (χ2v) is 4.52. The van der Waals surface area contributed by atoms with E-state index in [1.807, 2.05) is 17.7 Å². The number of nitrogens with zero attached hydrogens (tertiary/aromatic N) is 1. The van der Waals surface area contributed by atoms with Crippen molar-refractivity contribution in [1.29, 1.82) is 0 Å². The van der Waals surface area contributed by atoms with Crippen LogP contribution in [0.3, 0.4) is 0 Å². The molecule has 2 heterocycles. The largest absolute Gasteiger partial charge is 0.348 e. The van der Waals surface area contributed by atoms with Gasteiger partial charge in [0, 0.05) is 25.2 Å². The lowest BCUT2D eigenvalue weighted by Gasteiger charge is -2.06. The third kappa shape index (κ3) is 1.35. The van der Waals surface area contributed by atoms with E-state index in [-0.39, 0.29) is 5.82 Å².